The van der Waals surface area contributed by atoms with Crippen molar-refractivity contribution in [3.63, 3.8) is 0 Å². The van der Waals surface area contributed by atoms with E-state index in [1.54, 1.807) is 18.6 Å². The zero-order chi connectivity index (χ0) is 26.1. The summed E-state index contributed by atoms with van der Waals surface area (Å²) in [7, 11) is 0. The van der Waals surface area contributed by atoms with Gasteiger partial charge in [0.15, 0.2) is 6.10 Å². The van der Waals surface area contributed by atoms with Gasteiger partial charge in [0.05, 0.1) is 17.9 Å². The first-order valence-corrected chi connectivity index (χ1v) is 12.9. The summed E-state index contributed by atoms with van der Waals surface area (Å²) < 4.78 is 23.1. The first-order valence-electron chi connectivity index (χ1n) is 12.9. The van der Waals surface area contributed by atoms with Crippen LogP contribution in [-0.2, 0) is 33.4 Å². The molecule has 9 atom stereocenters. The van der Waals surface area contributed by atoms with Crippen LogP contribution < -0.4 is 0 Å². The first kappa shape index (κ1) is 23.9. The van der Waals surface area contributed by atoms with Crippen LogP contribution in [0.3, 0.4) is 0 Å². The van der Waals surface area contributed by atoms with Crippen molar-refractivity contribution in [3.05, 3.63) is 24.2 Å². The van der Waals surface area contributed by atoms with Gasteiger partial charge in [0.25, 0.3) is 0 Å². The second kappa shape index (κ2) is 6.88. The Kier molecular flexibility index (Phi) is 4.57. The fraction of sp³-hybridized carbons (Fsp3) is 0.714. The monoisotopic (exact) mass is 498 g/mol. The SMILES string of the molecule is CC(=O)OC1CC(=O)C2(C)C(CC(=O)C3(C)C2CCC2(C)C(c4ccoc4)OC(=O)C4OC423)C1(C)C. The maximum atomic E-state index is 14.3. The van der Waals surface area contributed by atoms with Crippen molar-refractivity contribution in [2.75, 3.05) is 0 Å². The lowest BCUT2D eigenvalue weighted by Crippen LogP contribution is -2.73. The molecule has 3 aliphatic carbocycles. The van der Waals surface area contributed by atoms with E-state index >= 15 is 0 Å². The molecule has 6 rings (SSSR count). The smallest absolute Gasteiger partial charge is 0.339 e. The number of carbonyl (C=O) groups excluding carboxylic acids is 4. The predicted octanol–water partition coefficient (Wildman–Crippen LogP) is 3.96. The Morgan fingerprint density at radius 1 is 1.00 bits per heavy atom. The molecule has 194 valence electrons. The molecular formula is C28H34O8. The van der Waals surface area contributed by atoms with Gasteiger partial charge in [-0.3, -0.25) is 14.4 Å². The quantitative estimate of drug-likeness (QED) is 0.445. The number of fused-ring (bicyclic) bond motifs is 3. The summed E-state index contributed by atoms with van der Waals surface area (Å²) in [5.74, 6) is -1.47. The lowest BCUT2D eigenvalue weighted by molar-refractivity contribution is -0.226. The van der Waals surface area contributed by atoms with E-state index in [9.17, 15) is 19.2 Å². The minimum absolute atomic E-state index is 0.00777. The highest BCUT2D eigenvalue weighted by molar-refractivity contribution is 5.97. The van der Waals surface area contributed by atoms with Crippen LogP contribution in [0.5, 0.6) is 0 Å². The van der Waals surface area contributed by atoms with Gasteiger partial charge < -0.3 is 18.6 Å². The van der Waals surface area contributed by atoms with Gasteiger partial charge >= 0.3 is 11.9 Å². The minimum Gasteiger partial charge on any atom is -0.472 e. The molecule has 2 saturated heterocycles. The van der Waals surface area contributed by atoms with Crippen LogP contribution in [0.4, 0.5) is 0 Å². The number of hydrogen-bond acceptors (Lipinski definition) is 8. The Hall–Kier alpha value is -2.48. The predicted molar refractivity (Wildman–Crippen MR) is 124 cm³/mol. The summed E-state index contributed by atoms with van der Waals surface area (Å²) >= 11 is 0. The average molecular weight is 499 g/mol. The molecule has 36 heavy (non-hydrogen) atoms. The van der Waals surface area contributed by atoms with Gasteiger partial charge in [0.1, 0.15) is 29.4 Å². The standard InChI is InChI=1S/C28H34O8/c1-14(29)34-20-12-18(30)26(5)16-7-9-25(4)21(15-8-10-33-13-15)35-23(32)22-28(25,36-22)27(16,6)19(31)11-17(26)24(20,2)3/h8,10,13,16-17,20-22H,7,9,11-12H2,1-6H3. The van der Waals surface area contributed by atoms with Crippen LogP contribution in [0.1, 0.15) is 78.9 Å². The van der Waals surface area contributed by atoms with Crippen molar-refractivity contribution < 1.29 is 37.8 Å². The molecule has 0 radical (unpaired) electrons. The third-order valence-corrected chi connectivity index (χ3v) is 11.2. The Bertz CT molecular complexity index is 1180. The molecule has 1 aromatic heterocycles. The van der Waals surface area contributed by atoms with E-state index in [2.05, 4.69) is 0 Å². The maximum absolute atomic E-state index is 14.3. The summed E-state index contributed by atoms with van der Waals surface area (Å²) in [5.41, 5.74) is -3.40. The van der Waals surface area contributed by atoms with Crippen molar-refractivity contribution in [2.45, 2.75) is 91.1 Å². The second-order valence-corrected chi connectivity index (χ2v) is 12.8. The molecular weight excluding hydrogens is 464 g/mol. The fourth-order valence-electron chi connectivity index (χ4n) is 9.31. The van der Waals surface area contributed by atoms with Gasteiger partial charge in [-0.15, -0.1) is 0 Å². The summed E-state index contributed by atoms with van der Waals surface area (Å²) in [6.07, 6.45) is 2.65. The van der Waals surface area contributed by atoms with E-state index in [-0.39, 0.29) is 36.2 Å². The van der Waals surface area contributed by atoms with Crippen LogP contribution in [0.2, 0.25) is 0 Å². The number of carbonyl (C=O) groups is 4. The number of cyclic esters (lactones) is 1. The molecule has 1 aromatic rings. The van der Waals surface area contributed by atoms with Crippen molar-refractivity contribution in [3.8, 4) is 0 Å². The molecule has 2 aliphatic heterocycles. The summed E-state index contributed by atoms with van der Waals surface area (Å²) in [5, 5.41) is 0. The van der Waals surface area contributed by atoms with E-state index < -0.39 is 57.5 Å². The zero-order valence-electron chi connectivity index (χ0n) is 21.7. The zero-order valence-corrected chi connectivity index (χ0v) is 21.7. The molecule has 0 aromatic carbocycles. The Balaban J connectivity index is 1.48. The number of hydrogen-bond donors (Lipinski definition) is 0. The average Bonchev–Trinajstić information content (AvgIpc) is 3.36. The van der Waals surface area contributed by atoms with Crippen LogP contribution in [-0.4, -0.2) is 41.3 Å². The van der Waals surface area contributed by atoms with Crippen molar-refractivity contribution in [2.24, 2.45) is 33.5 Å². The van der Waals surface area contributed by atoms with Gasteiger partial charge in [-0.1, -0.05) is 27.7 Å². The Morgan fingerprint density at radius 2 is 1.72 bits per heavy atom. The molecule has 1 spiro atoms. The number of ether oxygens (including phenoxy) is 3. The van der Waals surface area contributed by atoms with E-state index in [1.165, 1.54) is 6.92 Å². The summed E-state index contributed by atoms with van der Waals surface area (Å²) in [6, 6.07) is 1.79. The van der Waals surface area contributed by atoms with Crippen LogP contribution in [0.15, 0.2) is 23.0 Å². The van der Waals surface area contributed by atoms with Gasteiger partial charge in [0, 0.05) is 41.6 Å². The number of furan rings is 1. The molecule has 8 nitrogen and oxygen atoms in total. The second-order valence-electron chi connectivity index (χ2n) is 12.8. The largest absolute Gasteiger partial charge is 0.472 e. The number of ketones is 2. The van der Waals surface area contributed by atoms with Gasteiger partial charge in [-0.05, 0) is 37.7 Å². The minimum atomic E-state index is -1.05. The van der Waals surface area contributed by atoms with Crippen LogP contribution in [0.25, 0.3) is 0 Å². The molecule has 0 amide bonds. The highest BCUT2D eigenvalue weighted by Gasteiger charge is 2.88. The molecule has 5 aliphatic rings. The lowest BCUT2D eigenvalue weighted by Gasteiger charge is -2.67. The highest BCUT2D eigenvalue weighted by Crippen LogP contribution is 2.79. The van der Waals surface area contributed by atoms with Crippen LogP contribution in [0, 0.1) is 33.5 Å². The Labute approximate surface area is 210 Å². The van der Waals surface area contributed by atoms with E-state index in [4.69, 9.17) is 18.6 Å². The molecule has 9 unspecified atom stereocenters. The molecule has 3 saturated carbocycles. The number of esters is 2. The third-order valence-electron chi connectivity index (χ3n) is 11.2. The summed E-state index contributed by atoms with van der Waals surface area (Å²) in [6.45, 7) is 11.3. The van der Waals surface area contributed by atoms with Gasteiger partial charge in [0.2, 0.25) is 0 Å². The van der Waals surface area contributed by atoms with E-state index in [0.717, 1.165) is 5.56 Å². The molecule has 0 bridgehead atoms. The number of epoxide rings is 1. The normalized spacial score (nSPS) is 48.6. The van der Waals surface area contributed by atoms with E-state index in [1.807, 2.05) is 34.6 Å². The third kappa shape index (κ3) is 2.45. The van der Waals surface area contributed by atoms with Crippen molar-refractivity contribution in [1.82, 2.24) is 0 Å². The molecule has 5 fully saturated rings. The number of Topliss-reactive ketones (excluding diaryl/α,β-unsaturated/α-hetero) is 2. The van der Waals surface area contributed by atoms with E-state index in [0.29, 0.717) is 12.8 Å². The fourth-order valence-corrected chi connectivity index (χ4v) is 9.31. The molecule has 8 heteroatoms. The van der Waals surface area contributed by atoms with Crippen molar-refractivity contribution >= 4 is 23.5 Å². The van der Waals surface area contributed by atoms with Crippen molar-refractivity contribution in [1.29, 1.82) is 0 Å². The van der Waals surface area contributed by atoms with Gasteiger partial charge in [-0.25, -0.2) is 4.79 Å². The first-order chi connectivity index (χ1) is 16.8. The van der Waals surface area contributed by atoms with Crippen LogP contribution >= 0.6 is 0 Å². The maximum Gasteiger partial charge on any atom is 0.339 e. The highest BCUT2D eigenvalue weighted by atomic mass is 16.7. The summed E-state index contributed by atoms with van der Waals surface area (Å²) in [4.78, 5) is 53.2. The lowest BCUT2D eigenvalue weighted by atomic mass is 9.35. The number of rotatable bonds is 2. The topological polar surface area (TPSA) is 112 Å². The molecule has 3 heterocycles. The molecule has 0 N–H and O–H groups in total. The Morgan fingerprint density at radius 3 is 2.36 bits per heavy atom. The van der Waals surface area contributed by atoms with Gasteiger partial charge in [-0.2, -0.15) is 0 Å².